The molecule has 4 heterocycles. The molecule has 2 aliphatic heterocycles. The highest BCUT2D eigenvalue weighted by atomic mass is 16.5. The van der Waals surface area contributed by atoms with Crippen LogP contribution in [0, 0.1) is 12.3 Å². The van der Waals surface area contributed by atoms with Gasteiger partial charge in [-0.25, -0.2) is 15.0 Å². The molecule has 2 aromatic heterocycles. The standard InChI is InChI=1S/C19H23N5O2/c1-15-4-2-5-16(22-15)17(25)23-10-11-26-14-19(12-23)6-9-24(13-19)18-20-7-3-8-21-18/h2-5,7-8H,6,9-14H2,1H3. The molecule has 4 rings (SSSR count). The summed E-state index contributed by atoms with van der Waals surface area (Å²) in [5.74, 6) is 0.722. The van der Waals surface area contributed by atoms with Crippen molar-refractivity contribution in [3.05, 3.63) is 48.0 Å². The van der Waals surface area contributed by atoms with Crippen LogP contribution in [0.5, 0.6) is 0 Å². The van der Waals surface area contributed by atoms with E-state index >= 15 is 0 Å². The van der Waals surface area contributed by atoms with Gasteiger partial charge < -0.3 is 14.5 Å². The zero-order chi connectivity index (χ0) is 18.0. The smallest absolute Gasteiger partial charge is 0.272 e. The maximum absolute atomic E-state index is 13.0. The monoisotopic (exact) mass is 353 g/mol. The highest BCUT2D eigenvalue weighted by molar-refractivity contribution is 5.92. The van der Waals surface area contributed by atoms with E-state index in [9.17, 15) is 4.79 Å². The molecule has 1 amide bonds. The van der Waals surface area contributed by atoms with Crippen molar-refractivity contribution in [1.82, 2.24) is 19.9 Å². The van der Waals surface area contributed by atoms with Gasteiger partial charge in [0.2, 0.25) is 5.95 Å². The van der Waals surface area contributed by atoms with Crippen LogP contribution in [0.2, 0.25) is 0 Å². The lowest BCUT2D eigenvalue weighted by Gasteiger charge is -2.31. The van der Waals surface area contributed by atoms with E-state index in [1.54, 1.807) is 18.5 Å². The molecule has 1 atom stereocenters. The Morgan fingerprint density at radius 2 is 2.00 bits per heavy atom. The third kappa shape index (κ3) is 3.39. The highest BCUT2D eigenvalue weighted by Crippen LogP contribution is 2.35. The summed E-state index contributed by atoms with van der Waals surface area (Å²) in [6.45, 7) is 6.05. The minimum atomic E-state index is -0.0881. The lowest BCUT2D eigenvalue weighted by molar-refractivity contribution is 0.0685. The van der Waals surface area contributed by atoms with Gasteiger partial charge in [0.1, 0.15) is 5.69 Å². The maximum Gasteiger partial charge on any atom is 0.272 e. The van der Waals surface area contributed by atoms with Crippen LogP contribution in [0.15, 0.2) is 36.7 Å². The SMILES string of the molecule is Cc1cccc(C(=O)N2CCOCC3(CCN(c4ncccn4)C3)C2)n1. The van der Waals surface area contributed by atoms with E-state index in [-0.39, 0.29) is 11.3 Å². The van der Waals surface area contributed by atoms with E-state index in [0.717, 1.165) is 31.2 Å². The Labute approximate surface area is 153 Å². The van der Waals surface area contributed by atoms with E-state index in [1.165, 1.54) is 0 Å². The van der Waals surface area contributed by atoms with E-state index < -0.39 is 0 Å². The number of hydrogen-bond donors (Lipinski definition) is 0. The van der Waals surface area contributed by atoms with Crippen LogP contribution in [-0.4, -0.2) is 65.2 Å². The van der Waals surface area contributed by atoms with Crippen molar-refractivity contribution in [2.45, 2.75) is 13.3 Å². The Bertz CT molecular complexity index is 785. The van der Waals surface area contributed by atoms with E-state index in [1.807, 2.05) is 30.0 Å². The third-order valence-electron chi connectivity index (χ3n) is 5.11. The van der Waals surface area contributed by atoms with Crippen LogP contribution in [0.1, 0.15) is 22.6 Å². The predicted octanol–water partition coefficient (Wildman–Crippen LogP) is 1.55. The predicted molar refractivity (Wildman–Crippen MR) is 97.0 cm³/mol. The zero-order valence-electron chi connectivity index (χ0n) is 15.0. The number of ether oxygens (including phenoxy) is 1. The molecule has 0 aliphatic carbocycles. The molecule has 1 unspecified atom stereocenters. The van der Waals surface area contributed by atoms with Crippen molar-refractivity contribution < 1.29 is 9.53 Å². The summed E-state index contributed by atoms with van der Waals surface area (Å²) < 4.78 is 5.87. The minimum Gasteiger partial charge on any atom is -0.379 e. The number of nitrogens with zero attached hydrogens (tertiary/aromatic N) is 5. The van der Waals surface area contributed by atoms with Crippen molar-refractivity contribution in [1.29, 1.82) is 0 Å². The van der Waals surface area contributed by atoms with Crippen molar-refractivity contribution >= 4 is 11.9 Å². The largest absolute Gasteiger partial charge is 0.379 e. The van der Waals surface area contributed by atoms with Crippen LogP contribution >= 0.6 is 0 Å². The van der Waals surface area contributed by atoms with Gasteiger partial charge in [0.05, 0.1) is 13.2 Å². The molecular formula is C19H23N5O2. The van der Waals surface area contributed by atoms with E-state index in [0.29, 0.717) is 32.0 Å². The molecule has 7 nitrogen and oxygen atoms in total. The van der Waals surface area contributed by atoms with Crippen molar-refractivity contribution in [3.8, 4) is 0 Å². The first-order chi connectivity index (χ1) is 12.7. The van der Waals surface area contributed by atoms with Gasteiger partial charge >= 0.3 is 0 Å². The van der Waals surface area contributed by atoms with Gasteiger partial charge in [-0.1, -0.05) is 6.07 Å². The fourth-order valence-electron chi connectivity index (χ4n) is 3.80. The van der Waals surface area contributed by atoms with Crippen LogP contribution < -0.4 is 4.90 Å². The van der Waals surface area contributed by atoms with Gasteiger partial charge in [0.15, 0.2) is 0 Å². The summed E-state index contributed by atoms with van der Waals surface area (Å²) in [4.78, 5) is 30.1. The molecule has 1 spiro atoms. The fraction of sp³-hybridized carbons (Fsp3) is 0.474. The number of carbonyl (C=O) groups is 1. The second-order valence-electron chi connectivity index (χ2n) is 7.16. The molecule has 0 N–H and O–H groups in total. The second kappa shape index (κ2) is 6.99. The average molecular weight is 353 g/mol. The number of rotatable bonds is 2. The Kier molecular flexibility index (Phi) is 4.55. The van der Waals surface area contributed by atoms with Gasteiger partial charge in [-0.3, -0.25) is 4.79 Å². The Morgan fingerprint density at radius 1 is 1.15 bits per heavy atom. The lowest BCUT2D eigenvalue weighted by Crippen LogP contribution is -2.43. The molecule has 2 fully saturated rings. The Morgan fingerprint density at radius 3 is 2.81 bits per heavy atom. The van der Waals surface area contributed by atoms with Gasteiger partial charge in [-0.2, -0.15) is 0 Å². The summed E-state index contributed by atoms with van der Waals surface area (Å²) in [6, 6.07) is 7.38. The first kappa shape index (κ1) is 16.9. The summed E-state index contributed by atoms with van der Waals surface area (Å²) in [6.07, 6.45) is 4.47. The number of anilines is 1. The third-order valence-corrected chi connectivity index (χ3v) is 5.11. The summed E-state index contributed by atoms with van der Waals surface area (Å²) in [5.41, 5.74) is 1.27. The van der Waals surface area contributed by atoms with Gasteiger partial charge in [-0.05, 0) is 31.5 Å². The van der Waals surface area contributed by atoms with Gasteiger partial charge in [-0.15, -0.1) is 0 Å². The second-order valence-corrected chi connectivity index (χ2v) is 7.16. The number of aromatic nitrogens is 3. The van der Waals surface area contributed by atoms with E-state index in [4.69, 9.17) is 4.74 Å². The van der Waals surface area contributed by atoms with E-state index in [2.05, 4.69) is 19.9 Å². The normalized spacial score (nSPS) is 23.3. The number of hydrogen-bond acceptors (Lipinski definition) is 6. The molecule has 2 saturated heterocycles. The summed E-state index contributed by atoms with van der Waals surface area (Å²) >= 11 is 0. The van der Waals surface area contributed by atoms with Crippen molar-refractivity contribution in [2.24, 2.45) is 5.41 Å². The van der Waals surface area contributed by atoms with Gasteiger partial charge in [0, 0.05) is 49.7 Å². The number of carbonyl (C=O) groups excluding carboxylic acids is 1. The summed E-state index contributed by atoms with van der Waals surface area (Å²) in [5, 5.41) is 0. The quantitative estimate of drug-likeness (QED) is 0.816. The molecule has 2 aliphatic rings. The zero-order valence-corrected chi connectivity index (χ0v) is 15.0. The van der Waals surface area contributed by atoms with Crippen molar-refractivity contribution in [2.75, 3.05) is 44.3 Å². The number of aryl methyl sites for hydroxylation is 1. The molecule has 0 aromatic carbocycles. The number of amides is 1. The fourth-order valence-corrected chi connectivity index (χ4v) is 3.80. The summed E-state index contributed by atoms with van der Waals surface area (Å²) in [7, 11) is 0. The molecule has 0 radical (unpaired) electrons. The maximum atomic E-state index is 13.0. The molecule has 2 aromatic rings. The molecule has 0 saturated carbocycles. The Hall–Kier alpha value is -2.54. The van der Waals surface area contributed by atoms with Crippen LogP contribution in [0.3, 0.4) is 0 Å². The minimum absolute atomic E-state index is 0.0204. The van der Waals surface area contributed by atoms with Crippen LogP contribution in [0.4, 0.5) is 5.95 Å². The molecule has 7 heteroatoms. The lowest BCUT2D eigenvalue weighted by atomic mass is 9.87. The topological polar surface area (TPSA) is 71.5 Å². The number of pyridine rings is 1. The molecule has 136 valence electrons. The molecular weight excluding hydrogens is 330 g/mol. The first-order valence-electron chi connectivity index (χ1n) is 8.98. The molecule has 0 bridgehead atoms. The Balaban J connectivity index is 1.52. The average Bonchev–Trinajstić information content (AvgIpc) is 2.96. The molecule has 26 heavy (non-hydrogen) atoms. The van der Waals surface area contributed by atoms with Gasteiger partial charge in [0.25, 0.3) is 5.91 Å². The highest BCUT2D eigenvalue weighted by Gasteiger charge is 2.43. The van der Waals surface area contributed by atoms with Crippen LogP contribution in [-0.2, 0) is 4.74 Å². The first-order valence-corrected chi connectivity index (χ1v) is 8.98. The van der Waals surface area contributed by atoms with Crippen molar-refractivity contribution in [3.63, 3.8) is 0 Å². The van der Waals surface area contributed by atoms with Crippen LogP contribution in [0.25, 0.3) is 0 Å².